The number of aromatic carboxylic acids is 1. The van der Waals surface area contributed by atoms with Gasteiger partial charge in [0, 0.05) is 13.0 Å². The van der Waals surface area contributed by atoms with Gasteiger partial charge in [-0.2, -0.15) is 0 Å². The van der Waals surface area contributed by atoms with Crippen molar-refractivity contribution in [3.8, 4) is 11.5 Å². The van der Waals surface area contributed by atoms with E-state index in [1.165, 1.54) is 12.1 Å². The number of rotatable bonds is 10. The molecule has 0 saturated carbocycles. The molecule has 1 amide bonds. The lowest BCUT2D eigenvalue weighted by Crippen LogP contribution is -2.23. The first-order chi connectivity index (χ1) is 12.6. The van der Waals surface area contributed by atoms with Crippen LogP contribution in [0.25, 0.3) is 0 Å². The maximum atomic E-state index is 11.8. The van der Waals surface area contributed by atoms with E-state index in [-0.39, 0.29) is 11.5 Å². The molecule has 2 rings (SSSR count). The van der Waals surface area contributed by atoms with E-state index in [4.69, 9.17) is 14.6 Å². The minimum Gasteiger partial charge on any atom is -0.494 e. The number of carbonyl (C=O) groups excluding carboxylic acids is 1. The molecular formula is C20H23NO5. The summed E-state index contributed by atoms with van der Waals surface area (Å²) in [4.78, 5) is 22.6. The Kier molecular flexibility index (Phi) is 7.49. The Morgan fingerprint density at radius 2 is 1.58 bits per heavy atom. The SMILES string of the molecule is CCOc1ccc(OCCCC(=O)NCc2ccc(C(=O)O)cc2)cc1. The summed E-state index contributed by atoms with van der Waals surface area (Å²) in [6.07, 6.45) is 0.973. The summed E-state index contributed by atoms with van der Waals surface area (Å²) in [5.41, 5.74) is 1.08. The minimum atomic E-state index is -0.965. The third-order valence-electron chi connectivity index (χ3n) is 3.64. The van der Waals surface area contributed by atoms with Gasteiger partial charge in [-0.3, -0.25) is 4.79 Å². The highest BCUT2D eigenvalue weighted by Crippen LogP contribution is 2.17. The molecule has 0 radical (unpaired) electrons. The topological polar surface area (TPSA) is 84.9 Å². The van der Waals surface area contributed by atoms with Crippen molar-refractivity contribution in [1.82, 2.24) is 5.32 Å². The van der Waals surface area contributed by atoms with E-state index in [9.17, 15) is 9.59 Å². The second-order valence-electron chi connectivity index (χ2n) is 5.64. The van der Waals surface area contributed by atoms with E-state index in [0.717, 1.165) is 17.1 Å². The Labute approximate surface area is 152 Å². The highest BCUT2D eigenvalue weighted by molar-refractivity contribution is 5.87. The number of hydrogen-bond acceptors (Lipinski definition) is 4. The third-order valence-corrected chi connectivity index (χ3v) is 3.64. The third kappa shape index (κ3) is 6.47. The molecule has 0 saturated heterocycles. The van der Waals surface area contributed by atoms with Gasteiger partial charge < -0.3 is 19.9 Å². The van der Waals surface area contributed by atoms with Crippen molar-refractivity contribution in [2.75, 3.05) is 13.2 Å². The second-order valence-corrected chi connectivity index (χ2v) is 5.64. The summed E-state index contributed by atoms with van der Waals surface area (Å²) < 4.78 is 11.0. The lowest BCUT2D eigenvalue weighted by Gasteiger charge is -2.08. The molecule has 0 heterocycles. The van der Waals surface area contributed by atoms with Crippen molar-refractivity contribution in [1.29, 1.82) is 0 Å². The van der Waals surface area contributed by atoms with Crippen molar-refractivity contribution in [2.45, 2.75) is 26.3 Å². The first-order valence-electron chi connectivity index (χ1n) is 8.53. The van der Waals surface area contributed by atoms with Crippen LogP contribution in [0.3, 0.4) is 0 Å². The van der Waals surface area contributed by atoms with E-state index in [0.29, 0.717) is 32.6 Å². The van der Waals surface area contributed by atoms with E-state index < -0.39 is 5.97 Å². The van der Waals surface area contributed by atoms with Gasteiger partial charge in [-0.25, -0.2) is 4.79 Å². The predicted octanol–water partition coefficient (Wildman–Crippen LogP) is 3.26. The van der Waals surface area contributed by atoms with Gasteiger partial charge in [-0.05, 0) is 55.3 Å². The van der Waals surface area contributed by atoms with Crippen LogP contribution < -0.4 is 14.8 Å². The number of carboxylic acid groups (broad SMARTS) is 1. The van der Waals surface area contributed by atoms with Crippen LogP contribution >= 0.6 is 0 Å². The van der Waals surface area contributed by atoms with Crippen molar-refractivity contribution < 1.29 is 24.2 Å². The van der Waals surface area contributed by atoms with Gasteiger partial charge in [-0.15, -0.1) is 0 Å². The molecule has 2 aromatic carbocycles. The molecule has 0 fully saturated rings. The second kappa shape index (κ2) is 10.1. The van der Waals surface area contributed by atoms with Crippen LogP contribution in [0.4, 0.5) is 0 Å². The molecule has 0 aliphatic rings. The zero-order valence-corrected chi connectivity index (χ0v) is 14.7. The molecule has 6 nitrogen and oxygen atoms in total. The number of ether oxygens (including phenoxy) is 2. The summed E-state index contributed by atoms with van der Waals surface area (Å²) in [7, 11) is 0. The Bertz CT molecular complexity index is 710. The maximum Gasteiger partial charge on any atom is 0.335 e. The number of benzene rings is 2. The molecule has 0 atom stereocenters. The van der Waals surface area contributed by atoms with Crippen molar-refractivity contribution in [2.24, 2.45) is 0 Å². The molecule has 0 aliphatic heterocycles. The molecule has 2 aromatic rings. The quantitative estimate of drug-likeness (QED) is 0.638. The molecule has 26 heavy (non-hydrogen) atoms. The van der Waals surface area contributed by atoms with Crippen LogP contribution in [-0.4, -0.2) is 30.2 Å². The molecule has 2 N–H and O–H groups in total. The fraction of sp³-hybridized carbons (Fsp3) is 0.300. The Balaban J connectivity index is 1.63. The molecular weight excluding hydrogens is 334 g/mol. The van der Waals surface area contributed by atoms with Crippen LogP contribution in [0.2, 0.25) is 0 Å². The van der Waals surface area contributed by atoms with Crippen molar-refractivity contribution >= 4 is 11.9 Å². The molecule has 0 aliphatic carbocycles. The normalized spacial score (nSPS) is 10.2. The van der Waals surface area contributed by atoms with Crippen LogP contribution in [0.5, 0.6) is 11.5 Å². The average molecular weight is 357 g/mol. The van der Waals surface area contributed by atoms with Crippen LogP contribution in [0, 0.1) is 0 Å². The van der Waals surface area contributed by atoms with E-state index in [2.05, 4.69) is 5.32 Å². The minimum absolute atomic E-state index is 0.0670. The number of carbonyl (C=O) groups is 2. The molecule has 0 spiro atoms. The Hall–Kier alpha value is -3.02. The van der Waals surface area contributed by atoms with Gasteiger partial charge in [-0.1, -0.05) is 12.1 Å². The van der Waals surface area contributed by atoms with Gasteiger partial charge in [0.1, 0.15) is 11.5 Å². The van der Waals surface area contributed by atoms with E-state index >= 15 is 0 Å². The zero-order valence-electron chi connectivity index (χ0n) is 14.7. The standard InChI is InChI=1S/C20H23NO5/c1-2-25-17-9-11-18(12-10-17)26-13-3-4-19(22)21-14-15-5-7-16(8-6-15)20(23)24/h5-12H,2-4,13-14H2,1H3,(H,21,22)(H,23,24). The highest BCUT2D eigenvalue weighted by Gasteiger charge is 2.04. The Morgan fingerprint density at radius 1 is 0.962 bits per heavy atom. The lowest BCUT2D eigenvalue weighted by molar-refractivity contribution is -0.121. The van der Waals surface area contributed by atoms with E-state index in [1.54, 1.807) is 12.1 Å². The van der Waals surface area contributed by atoms with Gasteiger partial charge in [0.25, 0.3) is 0 Å². The largest absolute Gasteiger partial charge is 0.494 e. The Morgan fingerprint density at radius 3 is 2.15 bits per heavy atom. The molecule has 138 valence electrons. The number of carboxylic acids is 1. The number of hydrogen-bond donors (Lipinski definition) is 2. The van der Waals surface area contributed by atoms with Gasteiger partial charge >= 0.3 is 5.97 Å². The molecule has 0 bridgehead atoms. The number of nitrogens with one attached hydrogen (secondary N) is 1. The van der Waals surface area contributed by atoms with Crippen molar-refractivity contribution in [3.05, 3.63) is 59.7 Å². The van der Waals surface area contributed by atoms with Crippen molar-refractivity contribution in [3.63, 3.8) is 0 Å². The summed E-state index contributed by atoms with van der Waals surface area (Å²) in [5, 5.41) is 11.7. The van der Waals surface area contributed by atoms with Gasteiger partial charge in [0.05, 0.1) is 18.8 Å². The first-order valence-corrected chi connectivity index (χ1v) is 8.53. The first kappa shape index (κ1) is 19.3. The summed E-state index contributed by atoms with van der Waals surface area (Å²) in [6.45, 7) is 3.38. The maximum absolute atomic E-state index is 11.8. The van der Waals surface area contributed by atoms with Crippen LogP contribution in [0.15, 0.2) is 48.5 Å². The summed E-state index contributed by atoms with van der Waals surface area (Å²) in [5.74, 6) is 0.513. The fourth-order valence-electron chi connectivity index (χ4n) is 2.28. The average Bonchev–Trinajstić information content (AvgIpc) is 2.65. The van der Waals surface area contributed by atoms with Crippen LogP contribution in [0.1, 0.15) is 35.7 Å². The predicted molar refractivity (Wildman–Crippen MR) is 97.6 cm³/mol. The van der Waals surface area contributed by atoms with Gasteiger partial charge in [0.2, 0.25) is 5.91 Å². The molecule has 0 aromatic heterocycles. The number of amides is 1. The lowest BCUT2D eigenvalue weighted by atomic mass is 10.1. The fourth-order valence-corrected chi connectivity index (χ4v) is 2.28. The monoisotopic (exact) mass is 357 g/mol. The van der Waals surface area contributed by atoms with Crippen LogP contribution in [-0.2, 0) is 11.3 Å². The molecule has 6 heteroatoms. The highest BCUT2D eigenvalue weighted by atomic mass is 16.5. The summed E-state index contributed by atoms with van der Waals surface area (Å²) >= 11 is 0. The van der Waals surface area contributed by atoms with E-state index in [1.807, 2.05) is 31.2 Å². The molecule has 0 unspecified atom stereocenters. The van der Waals surface area contributed by atoms with Gasteiger partial charge in [0.15, 0.2) is 0 Å². The zero-order chi connectivity index (χ0) is 18.8. The smallest absolute Gasteiger partial charge is 0.335 e. The summed E-state index contributed by atoms with van der Waals surface area (Å²) in [6, 6.07) is 13.8.